The Bertz CT molecular complexity index is 987. The van der Waals surface area contributed by atoms with Gasteiger partial charge in [0, 0.05) is 48.6 Å². The number of nitrogens with one attached hydrogen (secondary N) is 2. The van der Waals surface area contributed by atoms with Crippen molar-refractivity contribution in [2.24, 2.45) is 0 Å². The summed E-state index contributed by atoms with van der Waals surface area (Å²) in [6.07, 6.45) is 2.05. The highest BCUT2D eigenvalue weighted by molar-refractivity contribution is 6.05. The molecule has 0 saturated carbocycles. The van der Waals surface area contributed by atoms with Gasteiger partial charge in [-0.3, -0.25) is 4.79 Å². The van der Waals surface area contributed by atoms with Gasteiger partial charge in [0.1, 0.15) is 0 Å². The number of nitrogens with zero attached hydrogens (tertiary/aromatic N) is 1. The van der Waals surface area contributed by atoms with Crippen molar-refractivity contribution in [3.8, 4) is 0 Å². The summed E-state index contributed by atoms with van der Waals surface area (Å²) in [6.45, 7) is 6.44. The number of ether oxygens (including phenoxy) is 1. The molecule has 2 heterocycles. The van der Waals surface area contributed by atoms with E-state index in [0.717, 1.165) is 55.4 Å². The SMILES string of the molecule is Cc1cc(C(=O)Nc2ccc(NC3CCOCC3)cc2)c(C)n1Cc1ccccc1. The van der Waals surface area contributed by atoms with E-state index < -0.39 is 0 Å². The summed E-state index contributed by atoms with van der Waals surface area (Å²) < 4.78 is 7.59. The summed E-state index contributed by atoms with van der Waals surface area (Å²) in [5.74, 6) is -0.0763. The third kappa shape index (κ3) is 4.74. The van der Waals surface area contributed by atoms with Crippen LogP contribution < -0.4 is 10.6 Å². The molecule has 5 nitrogen and oxygen atoms in total. The van der Waals surface area contributed by atoms with Gasteiger partial charge in [-0.25, -0.2) is 0 Å². The van der Waals surface area contributed by atoms with Crippen molar-refractivity contribution >= 4 is 17.3 Å². The van der Waals surface area contributed by atoms with E-state index in [0.29, 0.717) is 11.6 Å². The van der Waals surface area contributed by atoms with Gasteiger partial charge >= 0.3 is 0 Å². The third-order valence-corrected chi connectivity index (χ3v) is 5.74. The van der Waals surface area contributed by atoms with Crippen molar-refractivity contribution in [3.05, 3.63) is 83.2 Å². The lowest BCUT2D eigenvalue weighted by molar-refractivity contribution is 0.0904. The fourth-order valence-electron chi connectivity index (χ4n) is 3.97. The quantitative estimate of drug-likeness (QED) is 0.609. The van der Waals surface area contributed by atoms with E-state index in [1.165, 1.54) is 5.56 Å². The highest BCUT2D eigenvalue weighted by Crippen LogP contribution is 2.21. The first-order valence-electron chi connectivity index (χ1n) is 10.6. The number of anilines is 2. The first-order valence-corrected chi connectivity index (χ1v) is 10.6. The van der Waals surface area contributed by atoms with Gasteiger partial charge in [-0.2, -0.15) is 0 Å². The highest BCUT2D eigenvalue weighted by atomic mass is 16.5. The molecule has 0 spiro atoms. The standard InChI is InChI=1S/C25H29N3O2/c1-18-16-24(19(2)28(18)17-20-6-4-3-5-7-20)25(29)27-22-10-8-21(9-11-22)26-23-12-14-30-15-13-23/h3-11,16,23,26H,12-15,17H2,1-2H3,(H,27,29). The van der Waals surface area contributed by atoms with Crippen LogP contribution in [0.15, 0.2) is 60.7 Å². The summed E-state index contributed by atoms with van der Waals surface area (Å²) in [6, 6.07) is 20.7. The number of amides is 1. The number of carbonyl (C=O) groups excluding carboxylic acids is 1. The largest absolute Gasteiger partial charge is 0.382 e. The van der Waals surface area contributed by atoms with Gasteiger partial charge in [-0.1, -0.05) is 30.3 Å². The van der Waals surface area contributed by atoms with Crippen LogP contribution in [0.1, 0.15) is 40.2 Å². The van der Waals surface area contributed by atoms with Crippen molar-refractivity contribution in [2.75, 3.05) is 23.8 Å². The maximum absolute atomic E-state index is 12.9. The van der Waals surface area contributed by atoms with Crippen molar-refractivity contribution in [3.63, 3.8) is 0 Å². The lowest BCUT2D eigenvalue weighted by Gasteiger charge is -2.24. The van der Waals surface area contributed by atoms with E-state index in [9.17, 15) is 4.79 Å². The molecule has 1 aromatic heterocycles. The van der Waals surface area contributed by atoms with Crippen molar-refractivity contribution < 1.29 is 9.53 Å². The second-order valence-corrected chi connectivity index (χ2v) is 7.92. The van der Waals surface area contributed by atoms with E-state index in [-0.39, 0.29) is 5.91 Å². The molecule has 1 saturated heterocycles. The normalized spacial score (nSPS) is 14.5. The van der Waals surface area contributed by atoms with Crippen LogP contribution in [0.3, 0.4) is 0 Å². The molecule has 2 N–H and O–H groups in total. The first kappa shape index (κ1) is 20.2. The third-order valence-electron chi connectivity index (χ3n) is 5.74. The van der Waals surface area contributed by atoms with Gasteiger partial charge in [0.05, 0.1) is 5.56 Å². The Hall–Kier alpha value is -3.05. The molecule has 4 rings (SSSR count). The Labute approximate surface area is 178 Å². The van der Waals surface area contributed by atoms with E-state index in [2.05, 4.69) is 27.3 Å². The smallest absolute Gasteiger partial charge is 0.257 e. The molecule has 1 aliphatic rings. The molecular weight excluding hydrogens is 374 g/mol. The zero-order chi connectivity index (χ0) is 20.9. The molecule has 0 radical (unpaired) electrons. The number of aromatic nitrogens is 1. The van der Waals surface area contributed by atoms with Crippen LogP contribution in [-0.4, -0.2) is 29.7 Å². The molecule has 2 aromatic carbocycles. The van der Waals surface area contributed by atoms with Crippen LogP contribution >= 0.6 is 0 Å². The lowest BCUT2D eigenvalue weighted by Crippen LogP contribution is -2.27. The van der Waals surface area contributed by atoms with E-state index >= 15 is 0 Å². The minimum absolute atomic E-state index is 0.0763. The van der Waals surface area contributed by atoms with Crippen molar-refractivity contribution in [1.82, 2.24) is 4.57 Å². The van der Waals surface area contributed by atoms with Gasteiger partial charge in [-0.15, -0.1) is 0 Å². The fraction of sp³-hybridized carbons (Fsp3) is 0.320. The van der Waals surface area contributed by atoms with Gasteiger partial charge in [0.15, 0.2) is 0 Å². The molecule has 156 valence electrons. The number of carbonyl (C=O) groups is 1. The maximum atomic E-state index is 12.9. The Morgan fingerprint density at radius 3 is 2.37 bits per heavy atom. The molecule has 30 heavy (non-hydrogen) atoms. The molecule has 5 heteroatoms. The fourth-order valence-corrected chi connectivity index (χ4v) is 3.97. The average molecular weight is 404 g/mol. The van der Waals surface area contributed by atoms with Crippen LogP contribution in [0.5, 0.6) is 0 Å². The van der Waals surface area contributed by atoms with Crippen LogP contribution in [0.4, 0.5) is 11.4 Å². The summed E-state index contributed by atoms with van der Waals surface area (Å²) >= 11 is 0. The maximum Gasteiger partial charge on any atom is 0.257 e. The van der Waals surface area contributed by atoms with Gasteiger partial charge in [-0.05, 0) is 62.6 Å². The predicted octanol–water partition coefficient (Wildman–Crippen LogP) is 5.00. The molecule has 0 aliphatic carbocycles. The van der Waals surface area contributed by atoms with Crippen LogP contribution in [0, 0.1) is 13.8 Å². The molecular formula is C25H29N3O2. The number of benzene rings is 2. The monoisotopic (exact) mass is 403 g/mol. The minimum atomic E-state index is -0.0763. The molecule has 0 unspecified atom stereocenters. The van der Waals surface area contributed by atoms with Gasteiger partial charge in [0.2, 0.25) is 0 Å². The van der Waals surface area contributed by atoms with E-state index in [1.807, 2.05) is 62.4 Å². The summed E-state index contributed by atoms with van der Waals surface area (Å²) in [5, 5.41) is 6.57. The average Bonchev–Trinajstić information content (AvgIpc) is 3.05. The Morgan fingerprint density at radius 1 is 1.00 bits per heavy atom. The highest BCUT2D eigenvalue weighted by Gasteiger charge is 2.17. The first-order chi connectivity index (χ1) is 14.6. The predicted molar refractivity (Wildman–Crippen MR) is 121 cm³/mol. The van der Waals surface area contributed by atoms with Gasteiger partial charge in [0.25, 0.3) is 5.91 Å². The molecule has 1 aliphatic heterocycles. The lowest BCUT2D eigenvalue weighted by atomic mass is 10.1. The van der Waals surface area contributed by atoms with Crippen LogP contribution in [0.25, 0.3) is 0 Å². The van der Waals surface area contributed by atoms with Crippen LogP contribution in [-0.2, 0) is 11.3 Å². The molecule has 0 bridgehead atoms. The van der Waals surface area contributed by atoms with Gasteiger partial charge < -0.3 is 19.9 Å². The Kier molecular flexibility index (Phi) is 6.19. The van der Waals surface area contributed by atoms with Crippen LogP contribution in [0.2, 0.25) is 0 Å². The number of rotatable bonds is 6. The number of aryl methyl sites for hydroxylation is 1. The molecule has 1 amide bonds. The number of hydrogen-bond acceptors (Lipinski definition) is 3. The summed E-state index contributed by atoms with van der Waals surface area (Å²) in [4.78, 5) is 12.9. The van der Waals surface area contributed by atoms with E-state index in [4.69, 9.17) is 4.74 Å². The zero-order valence-corrected chi connectivity index (χ0v) is 17.7. The van der Waals surface area contributed by atoms with E-state index in [1.54, 1.807) is 0 Å². The minimum Gasteiger partial charge on any atom is -0.382 e. The van der Waals surface area contributed by atoms with Crippen molar-refractivity contribution in [1.29, 1.82) is 0 Å². The van der Waals surface area contributed by atoms with Crippen molar-refractivity contribution in [2.45, 2.75) is 39.3 Å². The second-order valence-electron chi connectivity index (χ2n) is 7.92. The summed E-state index contributed by atoms with van der Waals surface area (Å²) in [7, 11) is 0. The second kappa shape index (κ2) is 9.18. The number of hydrogen-bond donors (Lipinski definition) is 2. The molecule has 1 fully saturated rings. The zero-order valence-electron chi connectivity index (χ0n) is 17.7. The summed E-state index contributed by atoms with van der Waals surface area (Å²) in [5.41, 5.74) is 5.86. The topological polar surface area (TPSA) is 55.3 Å². The Balaban J connectivity index is 1.41. The molecule has 0 atom stereocenters. The Morgan fingerprint density at radius 2 is 1.67 bits per heavy atom. The molecule has 3 aromatic rings.